The Labute approximate surface area is 129 Å². The normalized spacial score (nSPS) is 20.4. The van der Waals surface area contributed by atoms with Gasteiger partial charge in [-0.1, -0.05) is 36.4 Å². The molecule has 1 aliphatic carbocycles. The zero-order chi connectivity index (χ0) is 15.7. The molecule has 22 heavy (non-hydrogen) atoms. The first-order valence-electron chi connectivity index (χ1n) is 7.20. The molecule has 1 aliphatic heterocycles. The van der Waals surface area contributed by atoms with Gasteiger partial charge in [0.2, 0.25) is 0 Å². The Morgan fingerprint density at radius 3 is 2.64 bits per heavy atom. The van der Waals surface area contributed by atoms with Gasteiger partial charge in [0.25, 0.3) is 5.91 Å². The number of carbonyl (C=O) groups excluding carboxylic acids is 1. The minimum atomic E-state index is -0.480. The third kappa shape index (κ3) is 2.65. The summed E-state index contributed by atoms with van der Waals surface area (Å²) < 4.78 is 0. The van der Waals surface area contributed by atoms with Crippen molar-refractivity contribution in [2.75, 3.05) is 14.1 Å². The molecule has 112 valence electrons. The van der Waals surface area contributed by atoms with Gasteiger partial charge in [0, 0.05) is 23.9 Å². The van der Waals surface area contributed by atoms with Crippen molar-refractivity contribution in [1.29, 1.82) is 0 Å². The van der Waals surface area contributed by atoms with Gasteiger partial charge < -0.3 is 10.0 Å². The monoisotopic (exact) mass is 294 g/mol. The minimum Gasteiger partial charge on any atom is -0.508 e. The van der Waals surface area contributed by atoms with Crippen LogP contribution in [0.4, 0.5) is 0 Å². The van der Waals surface area contributed by atoms with Crippen molar-refractivity contribution >= 4 is 17.7 Å². The number of dihydropyridines is 1. The highest BCUT2D eigenvalue weighted by molar-refractivity contribution is 6.19. The fourth-order valence-corrected chi connectivity index (χ4v) is 2.78. The number of allylic oxidation sites excluding steroid dienone is 4. The highest BCUT2D eigenvalue weighted by Gasteiger charge is 2.30. The average molecular weight is 294 g/mol. The quantitative estimate of drug-likeness (QED) is 0.932. The van der Waals surface area contributed by atoms with Crippen LogP contribution in [0.5, 0.6) is 0 Å². The van der Waals surface area contributed by atoms with Gasteiger partial charge in [0.05, 0.1) is 5.92 Å². The Morgan fingerprint density at radius 1 is 1.23 bits per heavy atom. The molecule has 0 radical (unpaired) electrons. The Kier molecular flexibility index (Phi) is 3.77. The third-order valence-corrected chi connectivity index (χ3v) is 3.79. The van der Waals surface area contributed by atoms with Gasteiger partial charge in [-0.05, 0) is 31.3 Å². The SMILES string of the molecule is CN(C)Cc1ccc(C2=C3C(O)=CC=CC3C(=O)N=C2)cc1. The van der Waals surface area contributed by atoms with E-state index in [-0.39, 0.29) is 11.7 Å². The number of aliphatic hydroxyl groups is 1. The maximum Gasteiger partial charge on any atom is 0.257 e. The molecule has 3 rings (SSSR count). The maximum atomic E-state index is 11.9. The molecule has 1 amide bonds. The molecule has 0 spiro atoms. The van der Waals surface area contributed by atoms with Crippen molar-refractivity contribution < 1.29 is 9.90 Å². The Balaban J connectivity index is 2.01. The van der Waals surface area contributed by atoms with Gasteiger partial charge >= 0.3 is 0 Å². The summed E-state index contributed by atoms with van der Waals surface area (Å²) in [6, 6.07) is 8.13. The molecule has 0 bridgehead atoms. The molecular formula is C18H18N2O2. The topological polar surface area (TPSA) is 52.9 Å². The zero-order valence-electron chi connectivity index (χ0n) is 12.7. The van der Waals surface area contributed by atoms with Crippen LogP contribution in [0.1, 0.15) is 11.1 Å². The van der Waals surface area contributed by atoms with Crippen molar-refractivity contribution in [3.8, 4) is 0 Å². The number of nitrogens with zero attached hydrogens (tertiary/aromatic N) is 2. The van der Waals surface area contributed by atoms with E-state index in [1.54, 1.807) is 24.4 Å². The molecule has 4 nitrogen and oxygen atoms in total. The van der Waals surface area contributed by atoms with E-state index < -0.39 is 5.92 Å². The van der Waals surface area contributed by atoms with E-state index in [1.165, 1.54) is 5.56 Å². The van der Waals surface area contributed by atoms with Crippen LogP contribution < -0.4 is 0 Å². The van der Waals surface area contributed by atoms with Crippen LogP contribution in [0.25, 0.3) is 5.57 Å². The van der Waals surface area contributed by atoms with E-state index in [9.17, 15) is 9.90 Å². The second-order valence-corrected chi connectivity index (χ2v) is 5.77. The number of rotatable bonds is 3. The Morgan fingerprint density at radius 2 is 1.95 bits per heavy atom. The summed E-state index contributed by atoms with van der Waals surface area (Å²) in [7, 11) is 4.05. The minimum absolute atomic E-state index is 0.138. The maximum absolute atomic E-state index is 11.9. The standard InChI is InChI=1S/C18H18N2O2/c1-20(2)11-12-6-8-13(9-7-12)15-10-19-18(22)14-4-3-5-16(21)17(14)15/h3-10,14,21H,11H2,1-2H3. The smallest absolute Gasteiger partial charge is 0.257 e. The largest absolute Gasteiger partial charge is 0.508 e. The van der Waals surface area contributed by atoms with E-state index in [2.05, 4.69) is 22.0 Å². The average Bonchev–Trinajstić information content (AvgIpc) is 2.49. The van der Waals surface area contributed by atoms with Crippen LogP contribution in [0.2, 0.25) is 0 Å². The molecule has 0 saturated heterocycles. The predicted molar refractivity (Wildman–Crippen MR) is 87.6 cm³/mol. The first-order chi connectivity index (χ1) is 10.6. The Hall–Kier alpha value is -2.46. The molecule has 1 aromatic rings. The summed E-state index contributed by atoms with van der Waals surface area (Å²) in [5.74, 6) is -0.579. The summed E-state index contributed by atoms with van der Waals surface area (Å²) in [5, 5.41) is 10.2. The molecule has 1 N–H and O–H groups in total. The van der Waals surface area contributed by atoms with Gasteiger partial charge in [-0.3, -0.25) is 4.79 Å². The van der Waals surface area contributed by atoms with Crippen LogP contribution in [0.15, 0.2) is 58.8 Å². The van der Waals surface area contributed by atoms with E-state index in [0.717, 1.165) is 17.7 Å². The van der Waals surface area contributed by atoms with Gasteiger partial charge in [-0.2, -0.15) is 0 Å². The second-order valence-electron chi connectivity index (χ2n) is 5.77. The summed E-state index contributed by atoms with van der Waals surface area (Å²) >= 11 is 0. The number of aliphatic hydroxyl groups excluding tert-OH is 1. The molecule has 0 aromatic heterocycles. The number of benzene rings is 1. The second kappa shape index (κ2) is 5.73. The van der Waals surface area contributed by atoms with Crippen LogP contribution >= 0.6 is 0 Å². The lowest BCUT2D eigenvalue weighted by Gasteiger charge is -2.23. The Bertz CT molecular complexity index is 722. The molecule has 1 aromatic carbocycles. The molecular weight excluding hydrogens is 276 g/mol. The summed E-state index contributed by atoms with van der Waals surface area (Å²) in [5.41, 5.74) is 3.61. The van der Waals surface area contributed by atoms with Gasteiger partial charge in [-0.25, -0.2) is 4.99 Å². The van der Waals surface area contributed by atoms with Gasteiger partial charge in [0.15, 0.2) is 0 Å². The number of aliphatic imine (C=N–C) groups is 1. The molecule has 1 unspecified atom stereocenters. The van der Waals surface area contributed by atoms with Crippen molar-refractivity contribution in [3.63, 3.8) is 0 Å². The number of amides is 1. The summed E-state index contributed by atoms with van der Waals surface area (Å²) in [6.07, 6.45) is 6.63. The number of carbonyl (C=O) groups is 1. The van der Waals surface area contributed by atoms with Crippen molar-refractivity contribution in [2.24, 2.45) is 10.9 Å². The van der Waals surface area contributed by atoms with E-state index in [0.29, 0.717) is 5.57 Å². The molecule has 4 heteroatoms. The highest BCUT2D eigenvalue weighted by atomic mass is 16.3. The fourth-order valence-electron chi connectivity index (χ4n) is 2.78. The molecule has 1 heterocycles. The summed E-state index contributed by atoms with van der Waals surface area (Å²) in [4.78, 5) is 18.0. The molecule has 0 fully saturated rings. The van der Waals surface area contributed by atoms with Crippen molar-refractivity contribution in [3.05, 3.63) is 65.0 Å². The van der Waals surface area contributed by atoms with Crippen LogP contribution in [-0.4, -0.2) is 36.2 Å². The van der Waals surface area contributed by atoms with Crippen molar-refractivity contribution in [2.45, 2.75) is 6.54 Å². The lowest BCUT2D eigenvalue weighted by Crippen LogP contribution is -2.21. The van der Waals surface area contributed by atoms with Crippen molar-refractivity contribution in [1.82, 2.24) is 4.90 Å². The lowest BCUT2D eigenvalue weighted by molar-refractivity contribution is -0.119. The van der Waals surface area contributed by atoms with Gasteiger partial charge in [0.1, 0.15) is 5.76 Å². The predicted octanol–water partition coefficient (Wildman–Crippen LogP) is 2.74. The third-order valence-electron chi connectivity index (χ3n) is 3.79. The molecule has 2 aliphatic rings. The van der Waals surface area contributed by atoms with E-state index >= 15 is 0 Å². The van der Waals surface area contributed by atoms with Gasteiger partial charge in [-0.15, -0.1) is 0 Å². The number of fused-ring (bicyclic) bond motifs is 1. The summed E-state index contributed by atoms with van der Waals surface area (Å²) in [6.45, 7) is 0.870. The first kappa shape index (κ1) is 14.5. The van der Waals surface area contributed by atoms with E-state index in [4.69, 9.17) is 0 Å². The fraction of sp³-hybridized carbons (Fsp3) is 0.222. The molecule has 1 atom stereocenters. The number of hydrogen-bond donors (Lipinski definition) is 1. The van der Waals surface area contributed by atoms with Crippen LogP contribution in [0, 0.1) is 5.92 Å². The molecule has 0 saturated carbocycles. The lowest BCUT2D eigenvalue weighted by atomic mass is 9.84. The van der Waals surface area contributed by atoms with Crippen LogP contribution in [-0.2, 0) is 11.3 Å². The first-order valence-corrected chi connectivity index (χ1v) is 7.20. The van der Waals surface area contributed by atoms with E-state index in [1.807, 2.05) is 26.2 Å². The van der Waals surface area contributed by atoms with Crippen LogP contribution in [0.3, 0.4) is 0 Å². The zero-order valence-corrected chi connectivity index (χ0v) is 12.7. The highest BCUT2D eigenvalue weighted by Crippen LogP contribution is 2.34. The number of hydrogen-bond acceptors (Lipinski definition) is 3.